The molecule has 0 aliphatic carbocycles. The van der Waals surface area contributed by atoms with Crippen LogP contribution in [-0.4, -0.2) is 34.4 Å². The molecule has 148 valence electrons. The average molecular weight is 386 g/mol. The second-order valence-corrected chi connectivity index (χ2v) is 8.48. The number of pyridine rings is 1. The quantitative estimate of drug-likeness (QED) is 0.655. The topological polar surface area (TPSA) is 36.4 Å². The van der Waals surface area contributed by atoms with E-state index < -0.39 is 0 Å². The van der Waals surface area contributed by atoms with Crippen molar-refractivity contribution in [1.29, 1.82) is 0 Å². The molecule has 1 unspecified atom stereocenters. The third-order valence-corrected chi connectivity index (χ3v) is 6.63. The fourth-order valence-electron chi connectivity index (χ4n) is 5.08. The summed E-state index contributed by atoms with van der Waals surface area (Å²) in [6, 6.07) is 18.9. The Labute approximate surface area is 172 Å². The van der Waals surface area contributed by atoms with Crippen molar-refractivity contribution >= 4 is 22.5 Å². The number of likely N-dealkylation sites (tertiary alicyclic amines) is 1. The smallest absolute Gasteiger partial charge is 0.247 e. The van der Waals surface area contributed by atoms with Crippen molar-refractivity contribution in [3.05, 3.63) is 71.9 Å². The standard InChI is InChI=1S/C25H27N3O/c1-19-6-10-22(11-7-19)28-16-4-13-25(24(28)29)12-3-15-27(25)18-20-8-9-21-5-2-14-26-23(21)17-20/h2,5-11,14,17H,3-4,12-13,15-16,18H2,1H3. The molecule has 0 saturated carbocycles. The third-order valence-electron chi connectivity index (χ3n) is 6.63. The minimum atomic E-state index is -0.359. The first-order chi connectivity index (χ1) is 14.2. The highest BCUT2D eigenvalue weighted by Gasteiger charge is 2.50. The first-order valence-corrected chi connectivity index (χ1v) is 10.6. The van der Waals surface area contributed by atoms with E-state index in [-0.39, 0.29) is 11.4 Å². The van der Waals surface area contributed by atoms with Gasteiger partial charge in [0.1, 0.15) is 5.54 Å². The van der Waals surface area contributed by atoms with Gasteiger partial charge in [-0.05, 0) is 69.0 Å². The van der Waals surface area contributed by atoms with Gasteiger partial charge in [-0.15, -0.1) is 0 Å². The van der Waals surface area contributed by atoms with Crippen LogP contribution < -0.4 is 4.90 Å². The fraction of sp³-hybridized carbons (Fsp3) is 0.360. The number of hydrogen-bond acceptors (Lipinski definition) is 3. The molecule has 2 aliphatic heterocycles. The lowest BCUT2D eigenvalue weighted by molar-refractivity contribution is -0.131. The lowest BCUT2D eigenvalue weighted by Crippen LogP contribution is -2.59. The molecule has 3 heterocycles. The summed E-state index contributed by atoms with van der Waals surface area (Å²) in [5.74, 6) is 0.281. The molecule has 5 rings (SSSR count). The second-order valence-electron chi connectivity index (χ2n) is 8.48. The number of piperidine rings is 1. The minimum absolute atomic E-state index is 0.281. The molecule has 1 amide bonds. The lowest BCUT2D eigenvalue weighted by Gasteiger charge is -2.44. The number of aryl methyl sites for hydroxylation is 1. The van der Waals surface area contributed by atoms with E-state index in [1.807, 2.05) is 17.2 Å². The van der Waals surface area contributed by atoms with Crippen molar-refractivity contribution in [3.8, 4) is 0 Å². The van der Waals surface area contributed by atoms with Crippen LogP contribution in [0.3, 0.4) is 0 Å². The Hall–Kier alpha value is -2.72. The molecular weight excluding hydrogens is 358 g/mol. The number of carbonyl (C=O) groups is 1. The highest BCUT2D eigenvalue weighted by molar-refractivity contribution is 6.01. The predicted molar refractivity (Wildman–Crippen MR) is 117 cm³/mol. The summed E-state index contributed by atoms with van der Waals surface area (Å²) in [6.07, 6.45) is 5.89. The van der Waals surface area contributed by atoms with Crippen molar-refractivity contribution < 1.29 is 4.79 Å². The molecule has 2 fully saturated rings. The van der Waals surface area contributed by atoms with Gasteiger partial charge in [0.2, 0.25) is 5.91 Å². The Morgan fingerprint density at radius 1 is 1.00 bits per heavy atom. The summed E-state index contributed by atoms with van der Waals surface area (Å²) in [7, 11) is 0. The Morgan fingerprint density at radius 2 is 1.79 bits per heavy atom. The zero-order valence-electron chi connectivity index (χ0n) is 17.0. The molecule has 4 heteroatoms. The highest BCUT2D eigenvalue weighted by Crippen LogP contribution is 2.40. The molecule has 0 radical (unpaired) electrons. The van der Waals surface area contributed by atoms with E-state index in [0.717, 1.165) is 61.9 Å². The SMILES string of the molecule is Cc1ccc(N2CCCC3(CCCN3Cc3ccc4cccnc4c3)C2=O)cc1. The van der Waals surface area contributed by atoms with Gasteiger partial charge in [0.05, 0.1) is 5.52 Å². The summed E-state index contributed by atoms with van der Waals surface area (Å²) in [4.78, 5) is 22.7. The molecule has 1 atom stereocenters. The first-order valence-electron chi connectivity index (χ1n) is 10.6. The van der Waals surface area contributed by atoms with Crippen LogP contribution in [0.15, 0.2) is 60.8 Å². The number of amides is 1. The van der Waals surface area contributed by atoms with Gasteiger partial charge in [-0.2, -0.15) is 0 Å². The minimum Gasteiger partial charge on any atom is -0.311 e. The van der Waals surface area contributed by atoms with Gasteiger partial charge in [-0.25, -0.2) is 0 Å². The maximum absolute atomic E-state index is 13.7. The first kappa shape index (κ1) is 18.3. The average Bonchev–Trinajstić information content (AvgIpc) is 3.14. The number of rotatable bonds is 3. The largest absolute Gasteiger partial charge is 0.311 e. The number of aromatic nitrogens is 1. The van der Waals surface area contributed by atoms with Gasteiger partial charge in [0.15, 0.2) is 0 Å². The Bertz CT molecular complexity index is 1050. The molecule has 2 aliphatic rings. The van der Waals surface area contributed by atoms with E-state index >= 15 is 0 Å². The van der Waals surface area contributed by atoms with E-state index in [1.165, 1.54) is 11.1 Å². The van der Waals surface area contributed by atoms with Crippen molar-refractivity contribution in [1.82, 2.24) is 9.88 Å². The maximum Gasteiger partial charge on any atom is 0.247 e. The lowest BCUT2D eigenvalue weighted by atomic mass is 9.84. The van der Waals surface area contributed by atoms with Crippen molar-refractivity contribution in [3.63, 3.8) is 0 Å². The molecule has 3 aromatic rings. The van der Waals surface area contributed by atoms with E-state index in [0.29, 0.717) is 0 Å². The molecular formula is C25H27N3O. The summed E-state index contributed by atoms with van der Waals surface area (Å²) >= 11 is 0. The number of anilines is 1. The number of fused-ring (bicyclic) bond motifs is 1. The molecule has 1 spiro atoms. The molecule has 0 N–H and O–H groups in total. The van der Waals surface area contributed by atoms with Crippen LogP contribution in [0.25, 0.3) is 10.9 Å². The molecule has 4 nitrogen and oxygen atoms in total. The zero-order chi connectivity index (χ0) is 19.8. The Morgan fingerprint density at radius 3 is 2.62 bits per heavy atom. The van der Waals surface area contributed by atoms with Crippen molar-refractivity contribution in [2.75, 3.05) is 18.0 Å². The van der Waals surface area contributed by atoms with Crippen LogP contribution in [0.1, 0.15) is 36.8 Å². The summed E-state index contributed by atoms with van der Waals surface area (Å²) in [5.41, 5.74) is 4.15. The van der Waals surface area contributed by atoms with E-state index in [1.54, 1.807) is 0 Å². The maximum atomic E-state index is 13.7. The molecule has 0 bridgehead atoms. The van der Waals surface area contributed by atoms with Crippen LogP contribution in [0.2, 0.25) is 0 Å². The highest BCUT2D eigenvalue weighted by atomic mass is 16.2. The number of hydrogen-bond donors (Lipinski definition) is 0. The van der Waals surface area contributed by atoms with Gasteiger partial charge in [0.25, 0.3) is 0 Å². The third kappa shape index (κ3) is 3.22. The predicted octanol–water partition coefficient (Wildman–Crippen LogP) is 4.70. The van der Waals surface area contributed by atoms with Gasteiger partial charge in [-0.3, -0.25) is 14.7 Å². The van der Waals surface area contributed by atoms with Crippen LogP contribution in [0.4, 0.5) is 5.69 Å². The van der Waals surface area contributed by atoms with Crippen molar-refractivity contribution in [2.24, 2.45) is 0 Å². The number of nitrogens with zero attached hydrogens (tertiary/aromatic N) is 3. The second kappa shape index (κ2) is 7.27. The summed E-state index contributed by atoms with van der Waals surface area (Å²) in [5, 5.41) is 1.16. The van der Waals surface area contributed by atoms with E-state index in [9.17, 15) is 4.79 Å². The molecule has 29 heavy (non-hydrogen) atoms. The summed E-state index contributed by atoms with van der Waals surface area (Å²) in [6.45, 7) is 4.69. The normalized spacial score (nSPS) is 22.7. The molecule has 1 aromatic heterocycles. The summed E-state index contributed by atoms with van der Waals surface area (Å²) < 4.78 is 0. The van der Waals surface area contributed by atoms with Crippen LogP contribution in [-0.2, 0) is 11.3 Å². The number of carbonyl (C=O) groups excluding carboxylic acids is 1. The van der Waals surface area contributed by atoms with Crippen LogP contribution >= 0.6 is 0 Å². The van der Waals surface area contributed by atoms with Gasteiger partial charge in [0, 0.05) is 30.4 Å². The monoisotopic (exact) mass is 385 g/mol. The van der Waals surface area contributed by atoms with E-state index in [2.05, 4.69) is 65.3 Å². The molecule has 2 saturated heterocycles. The Balaban J connectivity index is 1.43. The van der Waals surface area contributed by atoms with E-state index in [4.69, 9.17) is 0 Å². The van der Waals surface area contributed by atoms with Gasteiger partial charge < -0.3 is 4.90 Å². The van der Waals surface area contributed by atoms with Crippen molar-refractivity contribution in [2.45, 2.75) is 44.7 Å². The zero-order valence-corrected chi connectivity index (χ0v) is 17.0. The molecule has 2 aromatic carbocycles. The van der Waals surface area contributed by atoms with Crippen LogP contribution in [0, 0.1) is 6.92 Å². The fourth-order valence-corrected chi connectivity index (χ4v) is 5.08. The van der Waals surface area contributed by atoms with Gasteiger partial charge >= 0.3 is 0 Å². The Kier molecular flexibility index (Phi) is 4.59. The van der Waals surface area contributed by atoms with Gasteiger partial charge in [-0.1, -0.05) is 35.9 Å². The number of benzene rings is 2. The van der Waals surface area contributed by atoms with Crippen LogP contribution in [0.5, 0.6) is 0 Å².